The van der Waals surface area contributed by atoms with Gasteiger partial charge < -0.3 is 4.84 Å². The number of fused-ring (bicyclic) bond motifs is 1. The Hall–Kier alpha value is -1.45. The van der Waals surface area contributed by atoms with E-state index in [9.17, 15) is 0 Å². The van der Waals surface area contributed by atoms with E-state index in [0.29, 0.717) is 6.61 Å². The second kappa shape index (κ2) is 3.54. The molecule has 0 atom stereocenters. The zero-order chi connectivity index (χ0) is 11.0. The average molecular weight is 214 g/mol. The molecule has 2 N–H and O–H groups in total. The van der Waals surface area contributed by atoms with Gasteiger partial charge in [0.2, 0.25) is 0 Å². The first-order valence-electron chi connectivity index (χ1n) is 5.51. The summed E-state index contributed by atoms with van der Waals surface area (Å²) in [6.07, 6.45) is 4.24. The molecule has 3 nitrogen and oxygen atoms in total. The second-order valence-corrected chi connectivity index (χ2v) is 4.51. The van der Waals surface area contributed by atoms with E-state index in [-0.39, 0.29) is 5.41 Å². The van der Waals surface area contributed by atoms with Crippen LogP contribution in [0.3, 0.4) is 0 Å². The lowest BCUT2D eigenvalue weighted by Crippen LogP contribution is -2.18. The third kappa shape index (κ3) is 1.49. The van der Waals surface area contributed by atoms with Crippen LogP contribution in [-0.2, 0) is 10.3 Å². The van der Waals surface area contributed by atoms with Crippen molar-refractivity contribution in [3.63, 3.8) is 0 Å². The van der Waals surface area contributed by atoms with Crippen molar-refractivity contribution in [3.05, 3.63) is 42.1 Å². The maximum atomic E-state index is 5.18. The van der Waals surface area contributed by atoms with Gasteiger partial charge >= 0.3 is 0 Å². The minimum absolute atomic E-state index is 0.131. The molecule has 16 heavy (non-hydrogen) atoms. The van der Waals surface area contributed by atoms with Crippen molar-refractivity contribution in [1.82, 2.24) is 4.98 Å². The Balaban J connectivity index is 2.05. The van der Waals surface area contributed by atoms with Crippen LogP contribution in [0, 0.1) is 0 Å². The van der Waals surface area contributed by atoms with Gasteiger partial charge in [0.25, 0.3) is 0 Å². The largest absolute Gasteiger partial charge is 0.304 e. The minimum Gasteiger partial charge on any atom is -0.304 e. The third-order valence-electron chi connectivity index (χ3n) is 3.42. The molecular weight excluding hydrogens is 200 g/mol. The molecule has 1 aromatic carbocycles. The Morgan fingerprint density at radius 3 is 2.88 bits per heavy atom. The zero-order valence-corrected chi connectivity index (χ0v) is 9.02. The lowest BCUT2D eigenvalue weighted by atomic mass is 9.97. The van der Waals surface area contributed by atoms with Crippen molar-refractivity contribution in [2.24, 2.45) is 5.90 Å². The first-order valence-corrected chi connectivity index (χ1v) is 5.51. The van der Waals surface area contributed by atoms with Crippen molar-refractivity contribution < 1.29 is 4.84 Å². The lowest BCUT2D eigenvalue weighted by molar-refractivity contribution is 0.116. The molecule has 2 aromatic rings. The van der Waals surface area contributed by atoms with E-state index < -0.39 is 0 Å². The number of nitrogens with two attached hydrogens (primary N) is 1. The Bertz CT molecular complexity index is 520. The van der Waals surface area contributed by atoms with E-state index in [1.54, 1.807) is 0 Å². The number of pyridine rings is 1. The van der Waals surface area contributed by atoms with Gasteiger partial charge in [-0.3, -0.25) is 4.98 Å². The van der Waals surface area contributed by atoms with Crippen LogP contribution in [0.5, 0.6) is 0 Å². The maximum absolute atomic E-state index is 5.18. The highest BCUT2D eigenvalue weighted by atomic mass is 16.6. The number of rotatable bonds is 3. The Morgan fingerprint density at radius 1 is 1.31 bits per heavy atom. The number of hydrogen-bond donors (Lipinski definition) is 1. The summed E-state index contributed by atoms with van der Waals surface area (Å²) < 4.78 is 0. The Morgan fingerprint density at radius 2 is 2.12 bits per heavy atom. The fraction of sp³-hybridized carbons (Fsp3) is 0.308. The van der Waals surface area contributed by atoms with Crippen LogP contribution in [0.2, 0.25) is 0 Å². The number of hydrogen-bond acceptors (Lipinski definition) is 3. The van der Waals surface area contributed by atoms with Crippen LogP contribution in [0.1, 0.15) is 18.4 Å². The summed E-state index contributed by atoms with van der Waals surface area (Å²) in [6.45, 7) is 0.590. The number of para-hydroxylation sites is 1. The monoisotopic (exact) mass is 214 g/mol. The van der Waals surface area contributed by atoms with E-state index >= 15 is 0 Å². The number of aromatic nitrogens is 1. The van der Waals surface area contributed by atoms with E-state index in [1.807, 2.05) is 24.4 Å². The molecule has 82 valence electrons. The van der Waals surface area contributed by atoms with E-state index in [4.69, 9.17) is 10.7 Å². The van der Waals surface area contributed by atoms with Crippen molar-refractivity contribution >= 4 is 10.9 Å². The van der Waals surface area contributed by atoms with Crippen LogP contribution in [0.4, 0.5) is 0 Å². The highest BCUT2D eigenvalue weighted by Gasteiger charge is 2.44. The summed E-state index contributed by atoms with van der Waals surface area (Å²) in [7, 11) is 0. The van der Waals surface area contributed by atoms with Gasteiger partial charge in [0.05, 0.1) is 12.1 Å². The molecule has 1 fully saturated rings. The third-order valence-corrected chi connectivity index (χ3v) is 3.42. The summed E-state index contributed by atoms with van der Waals surface area (Å²) in [5.41, 5.74) is 2.42. The first kappa shape index (κ1) is 9.75. The van der Waals surface area contributed by atoms with Crippen molar-refractivity contribution in [2.45, 2.75) is 18.3 Å². The maximum Gasteiger partial charge on any atom is 0.0776 e. The fourth-order valence-electron chi connectivity index (χ4n) is 2.19. The Labute approximate surface area is 94.2 Å². The van der Waals surface area contributed by atoms with Crippen LogP contribution in [0.15, 0.2) is 36.5 Å². The standard InChI is InChI=1S/C13H14N2O/c14-16-9-13(5-6-13)11-7-10-3-1-2-4-12(10)15-8-11/h1-4,7-8H,5-6,9,14H2. The zero-order valence-electron chi connectivity index (χ0n) is 9.02. The van der Waals surface area contributed by atoms with Crippen LogP contribution in [-0.4, -0.2) is 11.6 Å². The molecule has 0 aliphatic heterocycles. The number of nitrogens with zero attached hydrogens (tertiary/aromatic N) is 1. The molecule has 0 unspecified atom stereocenters. The van der Waals surface area contributed by atoms with Crippen molar-refractivity contribution in [3.8, 4) is 0 Å². The minimum atomic E-state index is 0.131. The molecule has 3 rings (SSSR count). The lowest BCUT2D eigenvalue weighted by Gasteiger charge is -2.13. The van der Waals surface area contributed by atoms with Crippen LogP contribution < -0.4 is 5.90 Å². The fourth-order valence-corrected chi connectivity index (χ4v) is 2.19. The van der Waals surface area contributed by atoms with Gasteiger partial charge in [0.1, 0.15) is 0 Å². The normalized spacial score (nSPS) is 17.6. The molecule has 1 saturated carbocycles. The molecule has 1 heterocycles. The van der Waals surface area contributed by atoms with E-state index in [2.05, 4.69) is 17.1 Å². The van der Waals surface area contributed by atoms with Crippen molar-refractivity contribution in [1.29, 1.82) is 0 Å². The summed E-state index contributed by atoms with van der Waals surface area (Å²) in [4.78, 5) is 9.28. The molecule has 0 bridgehead atoms. The SMILES string of the molecule is NOCC1(c2cnc3ccccc3c2)CC1. The molecule has 0 saturated heterocycles. The quantitative estimate of drug-likeness (QED) is 0.796. The van der Waals surface area contributed by atoms with Gasteiger partial charge in [-0.2, -0.15) is 0 Å². The average Bonchev–Trinajstić information content (AvgIpc) is 3.10. The molecular formula is C13H14N2O. The molecule has 0 amide bonds. The highest BCUT2D eigenvalue weighted by molar-refractivity contribution is 5.79. The summed E-state index contributed by atoms with van der Waals surface area (Å²) in [6, 6.07) is 10.4. The molecule has 1 aliphatic carbocycles. The summed E-state index contributed by atoms with van der Waals surface area (Å²) in [5.74, 6) is 5.18. The highest BCUT2D eigenvalue weighted by Crippen LogP contribution is 2.48. The predicted molar refractivity (Wildman–Crippen MR) is 62.8 cm³/mol. The predicted octanol–water partition coefficient (Wildman–Crippen LogP) is 2.16. The number of benzene rings is 1. The van der Waals surface area contributed by atoms with Gasteiger partial charge in [0, 0.05) is 17.0 Å². The van der Waals surface area contributed by atoms with Gasteiger partial charge in [-0.1, -0.05) is 18.2 Å². The van der Waals surface area contributed by atoms with Crippen molar-refractivity contribution in [2.75, 3.05) is 6.61 Å². The van der Waals surface area contributed by atoms with Gasteiger partial charge in [-0.05, 0) is 30.5 Å². The van der Waals surface area contributed by atoms with Gasteiger partial charge in [-0.15, -0.1) is 0 Å². The second-order valence-electron chi connectivity index (χ2n) is 4.51. The molecule has 3 heteroatoms. The Kier molecular flexibility index (Phi) is 2.16. The van der Waals surface area contributed by atoms with Gasteiger partial charge in [0.15, 0.2) is 0 Å². The van der Waals surface area contributed by atoms with E-state index in [1.165, 1.54) is 10.9 Å². The summed E-state index contributed by atoms with van der Waals surface area (Å²) >= 11 is 0. The first-order chi connectivity index (χ1) is 7.84. The smallest absolute Gasteiger partial charge is 0.0776 e. The topological polar surface area (TPSA) is 48.1 Å². The van der Waals surface area contributed by atoms with Gasteiger partial charge in [-0.25, -0.2) is 5.90 Å². The van der Waals surface area contributed by atoms with Crippen LogP contribution >= 0.6 is 0 Å². The van der Waals surface area contributed by atoms with E-state index in [0.717, 1.165) is 18.4 Å². The molecule has 1 aromatic heterocycles. The van der Waals surface area contributed by atoms with Crippen LogP contribution in [0.25, 0.3) is 10.9 Å². The molecule has 0 spiro atoms. The summed E-state index contributed by atoms with van der Waals surface area (Å²) in [5, 5.41) is 1.18. The molecule has 1 aliphatic rings. The molecule has 0 radical (unpaired) electrons.